The first-order chi connectivity index (χ1) is 18.4. The van der Waals surface area contributed by atoms with Crippen molar-refractivity contribution in [2.45, 2.75) is 23.5 Å². The van der Waals surface area contributed by atoms with E-state index in [1.807, 2.05) is 0 Å². The smallest absolute Gasteiger partial charge is 0.263 e. The molecule has 4 aromatic rings. The Morgan fingerprint density at radius 2 is 1.97 bits per heavy atom. The van der Waals surface area contributed by atoms with Crippen molar-refractivity contribution in [3.8, 4) is 5.69 Å². The van der Waals surface area contributed by atoms with Crippen LogP contribution in [0.2, 0.25) is 5.02 Å². The predicted molar refractivity (Wildman–Crippen MR) is 141 cm³/mol. The highest BCUT2D eigenvalue weighted by atomic mass is 35.5. The number of nitrogens with two attached hydrogens (primary N) is 1. The van der Waals surface area contributed by atoms with E-state index in [0.29, 0.717) is 11.1 Å². The van der Waals surface area contributed by atoms with Crippen LogP contribution in [-0.2, 0) is 24.2 Å². The van der Waals surface area contributed by atoms with Gasteiger partial charge in [0.1, 0.15) is 0 Å². The van der Waals surface area contributed by atoms with Gasteiger partial charge in [0, 0.05) is 30.3 Å². The molecule has 5 rings (SSSR count). The molecule has 1 fully saturated rings. The van der Waals surface area contributed by atoms with Crippen molar-refractivity contribution in [1.82, 2.24) is 14.9 Å². The van der Waals surface area contributed by atoms with Gasteiger partial charge >= 0.3 is 0 Å². The number of morpholine rings is 1. The molecule has 204 valence electrons. The lowest BCUT2D eigenvalue weighted by Gasteiger charge is -2.40. The summed E-state index contributed by atoms with van der Waals surface area (Å²) in [6, 6.07) is 10.5. The summed E-state index contributed by atoms with van der Waals surface area (Å²) in [5.41, 5.74) is 4.79. The fourth-order valence-corrected chi connectivity index (χ4v) is 5.16. The number of hydrogen-bond donors (Lipinski definition) is 3. The molecule has 1 aliphatic rings. The van der Waals surface area contributed by atoms with Crippen LogP contribution in [0.1, 0.15) is 6.92 Å². The Morgan fingerprint density at radius 1 is 1.26 bits per heavy atom. The van der Waals surface area contributed by atoms with Crippen LogP contribution in [0.3, 0.4) is 0 Å². The lowest BCUT2D eigenvalue weighted by atomic mass is 9.94. The van der Waals surface area contributed by atoms with Crippen molar-refractivity contribution in [3.63, 3.8) is 0 Å². The van der Waals surface area contributed by atoms with Crippen molar-refractivity contribution in [3.05, 3.63) is 53.7 Å². The Morgan fingerprint density at radius 3 is 2.67 bits per heavy atom. The summed E-state index contributed by atoms with van der Waals surface area (Å²) in [7, 11) is -3.35. The number of ether oxygens (including phenoxy) is 1. The number of fused-ring (bicyclic) bond motifs is 1. The summed E-state index contributed by atoms with van der Waals surface area (Å²) in [6.07, 6.45) is 0.821. The molecule has 15 heteroatoms. The molecule has 2 aromatic heterocycles. The van der Waals surface area contributed by atoms with Crippen molar-refractivity contribution in [2.75, 3.05) is 35.4 Å². The van der Waals surface area contributed by atoms with Gasteiger partial charge in [0.2, 0.25) is 0 Å². The van der Waals surface area contributed by atoms with Crippen molar-refractivity contribution >= 4 is 61.5 Å². The van der Waals surface area contributed by atoms with E-state index in [1.54, 1.807) is 24.4 Å². The van der Waals surface area contributed by atoms with E-state index in [-0.39, 0.29) is 46.0 Å². The molecular weight excluding hydrogens is 552 g/mol. The molecule has 2 aromatic carbocycles. The first kappa shape index (κ1) is 26.6. The molecule has 1 unspecified atom stereocenters. The van der Waals surface area contributed by atoms with Gasteiger partial charge in [-0.1, -0.05) is 16.8 Å². The van der Waals surface area contributed by atoms with Crippen molar-refractivity contribution in [2.24, 2.45) is 0 Å². The Kier molecular flexibility index (Phi) is 6.58. The maximum atomic E-state index is 13.5. The number of carbonyl (C=O) groups is 2. The molecule has 0 spiro atoms. The number of nitrogens with zero attached hydrogens (tertiary/aromatic N) is 4. The fraction of sp³-hybridized carbons (Fsp3) is 0.250. The summed E-state index contributed by atoms with van der Waals surface area (Å²) in [5, 5.41) is 22.0. The summed E-state index contributed by atoms with van der Waals surface area (Å²) in [4.78, 5) is 27.9. The zero-order valence-electron chi connectivity index (χ0n) is 20.7. The zero-order valence-corrected chi connectivity index (χ0v) is 22.2. The van der Waals surface area contributed by atoms with Crippen LogP contribution in [0.15, 0.2) is 58.1 Å². The maximum Gasteiger partial charge on any atom is 0.263 e. The van der Waals surface area contributed by atoms with Crippen LogP contribution in [-0.4, -0.2) is 71.4 Å². The molecule has 13 nitrogen and oxygen atoms in total. The second-order valence-electron chi connectivity index (χ2n) is 9.09. The zero-order chi connectivity index (χ0) is 28.1. The number of anilines is 3. The van der Waals surface area contributed by atoms with Crippen LogP contribution in [0.5, 0.6) is 0 Å². The number of nitrogens with one attached hydrogen (secondary N) is 1. The van der Waals surface area contributed by atoms with Gasteiger partial charge in [-0.15, -0.1) is 5.10 Å². The minimum Gasteiger partial charge on any atom is -0.380 e. The number of amides is 2. The standard InChI is InChI=1S/C24H23ClN6O7S/c1-24(20(32)22(33)27-13-11-16(25)19-17(12-13)38-29-21(19)26)23(34)30(9-10-37-24)18-7-8-31(28-18)14-3-5-15(6-4-14)39(2,35)36/h3-8,11-12,20,32H,9-10H2,1-2H3,(H2,26,29)(H,27,33)/t20?,24-/m1/s1. The monoisotopic (exact) mass is 574 g/mol. The van der Waals surface area contributed by atoms with Gasteiger partial charge in [-0.2, -0.15) is 0 Å². The number of sulfone groups is 1. The van der Waals surface area contributed by atoms with E-state index >= 15 is 0 Å². The minimum atomic E-state index is -3.35. The molecular formula is C24H23ClN6O7S. The van der Waals surface area contributed by atoms with Gasteiger partial charge in [-0.25, -0.2) is 13.1 Å². The van der Waals surface area contributed by atoms with Gasteiger partial charge in [0.05, 0.1) is 34.1 Å². The van der Waals surface area contributed by atoms with Crippen LogP contribution in [0.25, 0.3) is 16.7 Å². The van der Waals surface area contributed by atoms with Crippen LogP contribution >= 0.6 is 11.6 Å². The number of aliphatic hydroxyl groups is 1. The molecule has 0 radical (unpaired) electrons. The Bertz CT molecular complexity index is 1700. The van der Waals surface area contributed by atoms with E-state index in [9.17, 15) is 23.1 Å². The Labute approximate surface area is 227 Å². The average Bonchev–Trinajstić information content (AvgIpc) is 3.52. The number of carbonyl (C=O) groups excluding carboxylic acids is 2. The normalized spacial score (nSPS) is 18.9. The lowest BCUT2D eigenvalue weighted by molar-refractivity contribution is -0.170. The molecule has 1 saturated heterocycles. The van der Waals surface area contributed by atoms with E-state index in [4.69, 9.17) is 26.6 Å². The third-order valence-electron chi connectivity index (χ3n) is 6.36. The number of halogens is 1. The lowest BCUT2D eigenvalue weighted by Crippen LogP contribution is -2.63. The molecule has 0 aliphatic carbocycles. The van der Waals surface area contributed by atoms with Crippen LogP contribution in [0, 0.1) is 0 Å². The van der Waals surface area contributed by atoms with Crippen LogP contribution < -0.4 is 16.0 Å². The molecule has 0 saturated carbocycles. The number of nitrogen functional groups attached to an aromatic ring is 1. The molecule has 3 heterocycles. The van der Waals surface area contributed by atoms with Gasteiger partial charge in [-0.3, -0.25) is 14.5 Å². The molecule has 4 N–H and O–H groups in total. The van der Waals surface area contributed by atoms with E-state index in [2.05, 4.69) is 15.6 Å². The first-order valence-electron chi connectivity index (χ1n) is 11.5. The number of aliphatic hydroxyl groups excluding tert-OH is 1. The van der Waals surface area contributed by atoms with Gasteiger partial charge in [-0.05, 0) is 37.3 Å². The van der Waals surface area contributed by atoms with Gasteiger partial charge < -0.3 is 25.4 Å². The summed E-state index contributed by atoms with van der Waals surface area (Å²) in [5.74, 6) is -1.23. The molecule has 2 amide bonds. The number of benzene rings is 2. The fourth-order valence-electron chi connectivity index (χ4n) is 4.22. The summed E-state index contributed by atoms with van der Waals surface area (Å²) >= 11 is 6.22. The molecule has 39 heavy (non-hydrogen) atoms. The van der Waals surface area contributed by atoms with Gasteiger partial charge in [0.25, 0.3) is 11.8 Å². The SMILES string of the molecule is C[C@]1(C(O)C(=O)Nc2cc(Cl)c3c(N)noc3c2)OCCN(c2ccn(-c3ccc(S(C)(=O)=O)cc3)n2)C1=O. The molecule has 2 atom stereocenters. The quantitative estimate of drug-likeness (QED) is 0.307. The Hall–Kier alpha value is -3.98. The van der Waals surface area contributed by atoms with Gasteiger partial charge in [0.15, 0.2) is 38.8 Å². The highest BCUT2D eigenvalue weighted by Gasteiger charge is 2.51. The molecule has 1 aliphatic heterocycles. The third-order valence-corrected chi connectivity index (χ3v) is 7.78. The largest absolute Gasteiger partial charge is 0.380 e. The minimum absolute atomic E-state index is 0.0254. The topological polar surface area (TPSA) is 183 Å². The van der Waals surface area contributed by atoms with E-state index < -0.39 is 33.4 Å². The highest BCUT2D eigenvalue weighted by molar-refractivity contribution is 7.90. The number of hydrogen-bond acceptors (Lipinski definition) is 10. The van der Waals surface area contributed by atoms with Crippen LogP contribution in [0.4, 0.5) is 17.3 Å². The highest BCUT2D eigenvalue weighted by Crippen LogP contribution is 2.33. The molecule has 0 bridgehead atoms. The third kappa shape index (κ3) is 4.83. The first-order valence-corrected chi connectivity index (χ1v) is 13.8. The summed E-state index contributed by atoms with van der Waals surface area (Å²) < 4.78 is 35.6. The maximum absolute atomic E-state index is 13.5. The van der Waals surface area contributed by atoms with E-state index in [0.717, 1.165) is 6.26 Å². The van der Waals surface area contributed by atoms with Crippen molar-refractivity contribution < 1.29 is 32.4 Å². The second kappa shape index (κ2) is 9.64. The average molecular weight is 575 g/mol. The Balaban J connectivity index is 1.34. The van der Waals surface area contributed by atoms with E-state index in [1.165, 1.54) is 40.8 Å². The second-order valence-corrected chi connectivity index (χ2v) is 11.5. The number of aromatic nitrogens is 3. The predicted octanol–water partition coefficient (Wildman–Crippen LogP) is 1.77. The number of rotatable bonds is 6. The summed E-state index contributed by atoms with van der Waals surface area (Å²) in [6.45, 7) is 1.48. The van der Waals surface area contributed by atoms with Crippen molar-refractivity contribution in [1.29, 1.82) is 0 Å².